The molecule has 5 nitrogen and oxygen atoms in total. The third-order valence-electron chi connectivity index (χ3n) is 3.09. The van der Waals surface area contributed by atoms with Gasteiger partial charge in [0.05, 0.1) is 24.1 Å². The van der Waals surface area contributed by atoms with Gasteiger partial charge in [0.15, 0.2) is 5.76 Å². The number of carbonyl (C=O) groups excluding carboxylic acids is 2. The third kappa shape index (κ3) is 2.11. The van der Waals surface area contributed by atoms with Crippen molar-refractivity contribution in [2.24, 2.45) is 0 Å². The number of fused-ring (bicyclic) bond motifs is 1. The van der Waals surface area contributed by atoms with E-state index < -0.39 is 11.6 Å². The van der Waals surface area contributed by atoms with E-state index in [1.54, 1.807) is 24.4 Å². The van der Waals surface area contributed by atoms with E-state index in [-0.39, 0.29) is 22.0 Å². The Morgan fingerprint density at radius 1 is 1.05 bits per heavy atom. The van der Waals surface area contributed by atoms with Gasteiger partial charge in [-0.25, -0.2) is 4.98 Å². The fourth-order valence-corrected chi connectivity index (χ4v) is 2.34. The maximum absolute atomic E-state index is 12.2. The molecule has 1 aliphatic rings. The van der Waals surface area contributed by atoms with E-state index in [2.05, 4.69) is 9.97 Å². The number of allylic oxidation sites excluding steroid dienone is 2. The Kier molecular flexibility index (Phi) is 3.27. The molecule has 0 aliphatic heterocycles. The minimum atomic E-state index is -0.527. The Labute approximate surface area is 125 Å². The van der Waals surface area contributed by atoms with Crippen molar-refractivity contribution in [3.05, 3.63) is 58.6 Å². The van der Waals surface area contributed by atoms with E-state index in [0.29, 0.717) is 11.4 Å². The quantitative estimate of drug-likeness (QED) is 0.852. The molecule has 21 heavy (non-hydrogen) atoms. The van der Waals surface area contributed by atoms with E-state index in [4.69, 9.17) is 16.3 Å². The molecule has 2 aromatic heterocycles. The summed E-state index contributed by atoms with van der Waals surface area (Å²) >= 11 is 5.88. The maximum Gasteiger partial charge on any atom is 0.231 e. The summed E-state index contributed by atoms with van der Waals surface area (Å²) in [4.78, 5) is 32.8. The van der Waals surface area contributed by atoms with Gasteiger partial charge in [0.1, 0.15) is 10.7 Å². The highest BCUT2D eigenvalue weighted by atomic mass is 35.5. The first-order chi connectivity index (χ1) is 10.1. The molecule has 1 aliphatic carbocycles. The van der Waals surface area contributed by atoms with Crippen LogP contribution in [-0.4, -0.2) is 28.6 Å². The van der Waals surface area contributed by atoms with Gasteiger partial charge in [-0.2, -0.15) is 0 Å². The first-order valence-electron chi connectivity index (χ1n) is 6.09. The Morgan fingerprint density at radius 3 is 2.52 bits per heavy atom. The van der Waals surface area contributed by atoms with Gasteiger partial charge >= 0.3 is 0 Å². The fourth-order valence-electron chi connectivity index (χ4n) is 2.08. The number of aromatic nitrogens is 2. The van der Waals surface area contributed by atoms with Crippen LogP contribution in [0.4, 0.5) is 0 Å². The number of Topliss-reactive ketones (excluding diaryl/α,β-unsaturated/α-hetero) is 2. The van der Waals surface area contributed by atoms with Crippen LogP contribution in [0.2, 0.25) is 0 Å². The van der Waals surface area contributed by atoms with Crippen molar-refractivity contribution in [2.45, 2.75) is 0 Å². The van der Waals surface area contributed by atoms with Gasteiger partial charge in [-0.05, 0) is 24.3 Å². The predicted molar refractivity (Wildman–Crippen MR) is 76.0 cm³/mol. The number of carbonyl (C=O) groups is 2. The summed E-state index contributed by atoms with van der Waals surface area (Å²) in [5.74, 6) is -1.13. The van der Waals surface area contributed by atoms with Gasteiger partial charge in [0, 0.05) is 6.20 Å². The second kappa shape index (κ2) is 5.10. The second-order valence-electron chi connectivity index (χ2n) is 4.31. The molecule has 0 saturated carbocycles. The molecule has 0 saturated heterocycles. The molecule has 0 amide bonds. The molecule has 0 atom stereocenters. The molecule has 0 fully saturated rings. The normalized spacial score (nSPS) is 14.2. The monoisotopic (exact) mass is 300 g/mol. The Morgan fingerprint density at radius 2 is 1.86 bits per heavy atom. The summed E-state index contributed by atoms with van der Waals surface area (Å²) in [6.07, 6.45) is 1.62. The van der Waals surface area contributed by atoms with Crippen LogP contribution in [0.1, 0.15) is 20.8 Å². The van der Waals surface area contributed by atoms with Crippen molar-refractivity contribution in [1.29, 1.82) is 0 Å². The molecule has 0 spiro atoms. The van der Waals surface area contributed by atoms with Crippen molar-refractivity contribution < 1.29 is 14.3 Å². The van der Waals surface area contributed by atoms with Gasteiger partial charge < -0.3 is 4.74 Å². The van der Waals surface area contributed by atoms with Crippen molar-refractivity contribution in [3.8, 4) is 11.4 Å². The topological polar surface area (TPSA) is 69.2 Å². The number of rotatable bonds is 2. The Balaban J connectivity index is 2.15. The number of ketones is 2. The molecule has 2 aromatic rings. The fraction of sp³-hybridized carbons (Fsp3) is 0.0667. The first-order valence-corrected chi connectivity index (χ1v) is 6.47. The van der Waals surface area contributed by atoms with Crippen LogP contribution in [0.25, 0.3) is 11.4 Å². The van der Waals surface area contributed by atoms with E-state index in [1.165, 1.54) is 13.2 Å². The summed E-state index contributed by atoms with van der Waals surface area (Å²) in [5, 5.41) is -0.249. The minimum absolute atomic E-state index is 0.0222. The third-order valence-corrected chi connectivity index (χ3v) is 3.43. The Bertz CT molecular complexity index is 785. The zero-order valence-corrected chi connectivity index (χ0v) is 11.7. The lowest BCUT2D eigenvalue weighted by Crippen LogP contribution is -2.22. The van der Waals surface area contributed by atoms with Crippen LogP contribution in [0.3, 0.4) is 0 Å². The van der Waals surface area contributed by atoms with E-state index in [0.717, 1.165) is 0 Å². The SMILES string of the molecule is COC1=C(Cl)C(=O)c2nc(-c3ccccn3)ccc2C1=O. The number of ether oxygens (including phenoxy) is 1. The number of hydrogen-bond acceptors (Lipinski definition) is 5. The van der Waals surface area contributed by atoms with Crippen molar-refractivity contribution >= 4 is 23.2 Å². The molecule has 104 valence electrons. The average molecular weight is 301 g/mol. The van der Waals surface area contributed by atoms with Gasteiger partial charge in [-0.3, -0.25) is 14.6 Å². The number of hydrogen-bond donors (Lipinski definition) is 0. The highest BCUT2D eigenvalue weighted by Gasteiger charge is 2.34. The summed E-state index contributed by atoms with van der Waals surface area (Å²) in [6.45, 7) is 0. The van der Waals surface area contributed by atoms with E-state index in [1.807, 2.05) is 6.07 Å². The van der Waals surface area contributed by atoms with Crippen LogP contribution < -0.4 is 0 Å². The van der Waals surface area contributed by atoms with Crippen LogP contribution in [0.5, 0.6) is 0 Å². The summed E-state index contributed by atoms with van der Waals surface area (Å²) < 4.78 is 4.90. The summed E-state index contributed by atoms with van der Waals surface area (Å²) in [6, 6.07) is 8.53. The maximum atomic E-state index is 12.2. The van der Waals surface area contributed by atoms with E-state index in [9.17, 15) is 9.59 Å². The number of pyridine rings is 2. The van der Waals surface area contributed by atoms with Gasteiger partial charge in [0.25, 0.3) is 0 Å². The minimum Gasteiger partial charge on any atom is -0.491 e. The van der Waals surface area contributed by atoms with Crippen LogP contribution >= 0.6 is 11.6 Å². The van der Waals surface area contributed by atoms with Crippen LogP contribution in [0.15, 0.2) is 47.3 Å². The zero-order valence-electron chi connectivity index (χ0n) is 11.0. The van der Waals surface area contributed by atoms with Gasteiger partial charge in [0.2, 0.25) is 11.6 Å². The van der Waals surface area contributed by atoms with E-state index >= 15 is 0 Å². The standard InChI is InChI=1S/C15H9ClN2O3/c1-21-15-11(16)14(20)12-8(13(15)19)5-6-10(18-12)9-4-2-3-7-17-9/h2-7H,1H3. The number of halogens is 1. The number of methoxy groups -OCH3 is 1. The summed E-state index contributed by atoms with van der Waals surface area (Å²) in [7, 11) is 1.30. The Hall–Kier alpha value is -2.53. The first kappa shape index (κ1) is 13.5. The second-order valence-corrected chi connectivity index (χ2v) is 4.69. The van der Waals surface area contributed by atoms with Crippen LogP contribution in [0, 0.1) is 0 Å². The van der Waals surface area contributed by atoms with Crippen LogP contribution in [-0.2, 0) is 4.74 Å². The average Bonchev–Trinajstić information content (AvgIpc) is 2.54. The molecule has 0 unspecified atom stereocenters. The molecule has 0 aromatic carbocycles. The van der Waals surface area contributed by atoms with Crippen molar-refractivity contribution in [3.63, 3.8) is 0 Å². The molecule has 0 bridgehead atoms. The largest absolute Gasteiger partial charge is 0.491 e. The molecule has 0 N–H and O–H groups in total. The number of nitrogens with zero attached hydrogens (tertiary/aromatic N) is 2. The molecular weight excluding hydrogens is 292 g/mol. The lowest BCUT2D eigenvalue weighted by molar-refractivity contribution is 0.0910. The van der Waals surface area contributed by atoms with Crippen molar-refractivity contribution in [2.75, 3.05) is 7.11 Å². The van der Waals surface area contributed by atoms with Crippen molar-refractivity contribution in [1.82, 2.24) is 9.97 Å². The van der Waals surface area contributed by atoms with Gasteiger partial charge in [-0.15, -0.1) is 0 Å². The molecule has 0 radical (unpaired) electrons. The highest BCUT2D eigenvalue weighted by molar-refractivity contribution is 6.49. The molecular formula is C15H9ClN2O3. The zero-order chi connectivity index (χ0) is 15.0. The molecule has 3 rings (SSSR count). The highest BCUT2D eigenvalue weighted by Crippen LogP contribution is 2.29. The van der Waals surface area contributed by atoms with Gasteiger partial charge in [-0.1, -0.05) is 17.7 Å². The molecule has 6 heteroatoms. The lowest BCUT2D eigenvalue weighted by Gasteiger charge is -2.16. The lowest BCUT2D eigenvalue weighted by atomic mass is 9.97. The molecule has 2 heterocycles. The predicted octanol–water partition coefficient (Wildman–Crippen LogP) is 2.62. The summed E-state index contributed by atoms with van der Waals surface area (Å²) in [5.41, 5.74) is 1.31. The smallest absolute Gasteiger partial charge is 0.231 e.